The summed E-state index contributed by atoms with van der Waals surface area (Å²) in [6, 6.07) is 12.7. The summed E-state index contributed by atoms with van der Waals surface area (Å²) in [6.45, 7) is 0. The Morgan fingerprint density at radius 3 is 1.38 bits per heavy atom. The maximum Gasteiger partial charge on any atom is 0.327 e. The van der Waals surface area contributed by atoms with Crippen LogP contribution in [0.2, 0.25) is 0 Å². The Bertz CT molecular complexity index is 1170. The number of thioether (sulfide) groups is 2. The molecule has 2 aliphatic rings. The van der Waals surface area contributed by atoms with Crippen molar-refractivity contribution in [1.29, 1.82) is 0 Å². The number of benzene rings is 2. The van der Waals surface area contributed by atoms with Crippen molar-refractivity contribution in [2.24, 2.45) is 0 Å². The number of ether oxygens (including phenoxy) is 2. The third-order valence-electron chi connectivity index (χ3n) is 6.83. The van der Waals surface area contributed by atoms with Gasteiger partial charge in [-0.3, -0.25) is 9.59 Å². The molecular weight excluding hydrogens is 621 g/mol. The average Bonchev–Trinajstić information content (AvgIpc) is 3.65. The van der Waals surface area contributed by atoms with Crippen LogP contribution in [0.4, 0.5) is 0 Å². The number of carboxylic acid groups (broad SMARTS) is 2. The van der Waals surface area contributed by atoms with Crippen LogP contribution in [-0.2, 0) is 19.2 Å². The Morgan fingerprint density at radius 2 is 1.07 bits per heavy atom. The van der Waals surface area contributed by atoms with Gasteiger partial charge in [0.15, 0.2) is 0 Å². The normalized spacial score (nSPS) is 21.8. The van der Waals surface area contributed by atoms with E-state index in [-0.39, 0.29) is 35.4 Å². The predicted octanol–water partition coefficient (Wildman–Crippen LogP) is 4.62. The first-order chi connectivity index (χ1) is 20.2. The molecule has 2 amide bonds. The summed E-state index contributed by atoms with van der Waals surface area (Å²) in [6.07, 6.45) is 0.317. The molecule has 4 rings (SSSR count). The average molecular weight is 653 g/mol. The van der Waals surface area contributed by atoms with Gasteiger partial charge in [-0.1, -0.05) is 45.9 Å². The number of amides is 2. The Hall–Kier alpha value is -2.68. The molecule has 2 saturated heterocycles. The summed E-state index contributed by atoms with van der Waals surface area (Å²) in [5.41, 5.74) is 1.68. The summed E-state index contributed by atoms with van der Waals surface area (Å²) in [5.74, 6) is 0.352. The van der Waals surface area contributed by atoms with E-state index in [1.807, 2.05) is 24.3 Å². The largest absolute Gasteiger partial charge is 0.497 e. The zero-order chi connectivity index (χ0) is 30.2. The van der Waals surface area contributed by atoms with Crippen molar-refractivity contribution in [1.82, 2.24) is 9.80 Å². The molecule has 2 unspecified atom stereocenters. The number of carbonyl (C=O) groups excluding carboxylic acids is 2. The fraction of sp³-hybridized carbons (Fsp3) is 0.429. The van der Waals surface area contributed by atoms with Gasteiger partial charge in [0.25, 0.3) is 0 Å². The summed E-state index contributed by atoms with van der Waals surface area (Å²) in [7, 11) is 6.01. The number of carbonyl (C=O) groups is 4. The maximum atomic E-state index is 13.2. The van der Waals surface area contributed by atoms with Crippen LogP contribution >= 0.6 is 45.1 Å². The zero-order valence-corrected chi connectivity index (χ0v) is 26.3. The van der Waals surface area contributed by atoms with Gasteiger partial charge < -0.3 is 29.5 Å². The monoisotopic (exact) mass is 652 g/mol. The van der Waals surface area contributed by atoms with Crippen LogP contribution < -0.4 is 9.47 Å². The number of methoxy groups -OCH3 is 2. The molecule has 226 valence electrons. The Labute approximate surface area is 260 Å². The minimum atomic E-state index is -1.03. The molecule has 2 aromatic carbocycles. The van der Waals surface area contributed by atoms with E-state index in [1.165, 1.54) is 54.9 Å². The fourth-order valence-electron chi connectivity index (χ4n) is 4.69. The number of rotatable bonds is 13. The topological polar surface area (TPSA) is 134 Å². The highest BCUT2D eigenvalue weighted by Crippen LogP contribution is 2.44. The van der Waals surface area contributed by atoms with Gasteiger partial charge in [0, 0.05) is 35.9 Å². The lowest BCUT2D eigenvalue weighted by molar-refractivity contribution is -0.149. The fourth-order valence-corrected chi connectivity index (χ4v) is 9.53. The molecule has 4 atom stereocenters. The van der Waals surface area contributed by atoms with Crippen molar-refractivity contribution in [3.63, 3.8) is 0 Å². The molecule has 0 radical (unpaired) electrons. The van der Waals surface area contributed by atoms with Gasteiger partial charge in [0.05, 0.1) is 14.2 Å². The second-order valence-corrected chi connectivity index (χ2v) is 14.3. The second-order valence-electron chi connectivity index (χ2n) is 9.37. The van der Waals surface area contributed by atoms with Gasteiger partial charge in [-0.25, -0.2) is 9.59 Å². The molecular formula is C28H32N2O8S4. The number of hydrogen-bond acceptors (Lipinski definition) is 10. The van der Waals surface area contributed by atoms with Crippen LogP contribution in [0.5, 0.6) is 11.5 Å². The Balaban J connectivity index is 1.28. The van der Waals surface area contributed by atoms with E-state index in [1.54, 1.807) is 38.5 Å². The van der Waals surface area contributed by atoms with Crippen molar-refractivity contribution in [2.45, 2.75) is 35.7 Å². The Morgan fingerprint density at radius 1 is 0.714 bits per heavy atom. The molecule has 14 heteroatoms. The molecule has 2 aliphatic heterocycles. The van der Waals surface area contributed by atoms with Crippen LogP contribution in [-0.4, -0.2) is 93.1 Å². The minimum Gasteiger partial charge on any atom is -0.497 e. The summed E-state index contributed by atoms with van der Waals surface area (Å²) < 4.78 is 10.4. The van der Waals surface area contributed by atoms with Gasteiger partial charge >= 0.3 is 11.9 Å². The lowest BCUT2D eigenvalue weighted by Gasteiger charge is -2.28. The summed E-state index contributed by atoms with van der Waals surface area (Å²) in [4.78, 5) is 53.0. The minimum absolute atomic E-state index is 0.159. The molecule has 0 saturated carbocycles. The third kappa shape index (κ3) is 7.63. The van der Waals surface area contributed by atoms with Gasteiger partial charge in [-0.05, 0) is 35.4 Å². The SMILES string of the molecule is COc1ccc(C2SC[C@@H](C(=O)O)N2C(=O)CCSSCCC(=O)N2C(c3ccc(OC)cc3)SC[C@H]2C(=O)O)cc1. The molecule has 42 heavy (non-hydrogen) atoms. The van der Waals surface area contributed by atoms with Gasteiger partial charge in [0.1, 0.15) is 34.3 Å². The van der Waals surface area contributed by atoms with Gasteiger partial charge in [-0.15, -0.1) is 23.5 Å². The maximum absolute atomic E-state index is 13.2. The van der Waals surface area contributed by atoms with E-state index in [0.717, 1.165) is 11.1 Å². The van der Waals surface area contributed by atoms with Crippen LogP contribution in [0.3, 0.4) is 0 Å². The van der Waals surface area contributed by atoms with Crippen molar-refractivity contribution in [3.05, 3.63) is 59.7 Å². The van der Waals surface area contributed by atoms with Crippen molar-refractivity contribution >= 4 is 68.9 Å². The molecule has 2 heterocycles. The Kier molecular flexibility index (Phi) is 11.6. The molecule has 0 aliphatic carbocycles. The van der Waals surface area contributed by atoms with E-state index in [9.17, 15) is 29.4 Å². The first kappa shape index (κ1) is 32.2. The number of nitrogens with zero attached hydrogens (tertiary/aromatic N) is 2. The summed E-state index contributed by atoms with van der Waals surface area (Å²) >= 11 is 2.85. The van der Waals surface area contributed by atoms with Crippen LogP contribution in [0.25, 0.3) is 0 Å². The third-order valence-corrected chi connectivity index (χ3v) is 11.9. The van der Waals surface area contributed by atoms with Crippen molar-refractivity contribution in [2.75, 3.05) is 37.2 Å². The highest BCUT2D eigenvalue weighted by Gasteiger charge is 2.43. The first-order valence-corrected chi connectivity index (χ1v) is 17.7. The smallest absolute Gasteiger partial charge is 0.327 e. The molecule has 10 nitrogen and oxygen atoms in total. The number of hydrogen-bond donors (Lipinski definition) is 2. The molecule has 0 aromatic heterocycles. The lowest BCUT2D eigenvalue weighted by atomic mass is 10.1. The van der Waals surface area contributed by atoms with Crippen molar-refractivity contribution < 1.29 is 38.9 Å². The molecule has 0 spiro atoms. The highest BCUT2D eigenvalue weighted by molar-refractivity contribution is 8.76. The van der Waals surface area contributed by atoms with E-state index in [2.05, 4.69) is 0 Å². The molecule has 2 N–H and O–H groups in total. The van der Waals surface area contributed by atoms with Crippen LogP contribution in [0, 0.1) is 0 Å². The van der Waals surface area contributed by atoms with E-state index in [0.29, 0.717) is 34.5 Å². The van der Waals surface area contributed by atoms with Gasteiger partial charge in [-0.2, -0.15) is 0 Å². The predicted molar refractivity (Wildman–Crippen MR) is 167 cm³/mol. The number of aliphatic carboxylic acids is 2. The standard InChI is InChI=1S/C28H32N2O8S4/c1-37-19-7-3-17(4-8-19)25-29(21(15-39-25)27(33)34)23(31)11-13-41-42-14-12-24(32)30-22(28(35)36)16-40-26(30)18-5-9-20(38-2)10-6-18/h3-10,21-22,25-26H,11-16H2,1-2H3,(H,33,34)(H,35,36)/t21-,22-,25?,26?/m0/s1. The van der Waals surface area contributed by atoms with Crippen LogP contribution in [0.1, 0.15) is 34.7 Å². The second kappa shape index (κ2) is 15.2. The molecule has 0 bridgehead atoms. The van der Waals surface area contributed by atoms with E-state index in [4.69, 9.17) is 9.47 Å². The zero-order valence-electron chi connectivity index (χ0n) is 23.0. The van der Waals surface area contributed by atoms with Crippen molar-refractivity contribution in [3.8, 4) is 11.5 Å². The quantitative estimate of drug-likeness (QED) is 0.231. The highest BCUT2D eigenvalue weighted by atomic mass is 33.1. The van der Waals surface area contributed by atoms with E-state index < -0.39 is 24.0 Å². The molecule has 2 aromatic rings. The van der Waals surface area contributed by atoms with Crippen LogP contribution in [0.15, 0.2) is 48.5 Å². The number of carboxylic acids is 2. The van der Waals surface area contributed by atoms with Gasteiger partial charge in [0.2, 0.25) is 11.8 Å². The molecule has 2 fully saturated rings. The van der Waals surface area contributed by atoms with E-state index >= 15 is 0 Å². The first-order valence-electron chi connectivity index (χ1n) is 13.1. The summed E-state index contributed by atoms with van der Waals surface area (Å²) in [5, 5.41) is 18.6. The lowest BCUT2D eigenvalue weighted by Crippen LogP contribution is -2.43.